The minimum atomic E-state index is -2.08. The zero-order valence-electron chi connectivity index (χ0n) is 20.6. The van der Waals surface area contributed by atoms with Crippen LogP contribution in [0, 0.1) is 5.82 Å². The van der Waals surface area contributed by atoms with E-state index in [1.54, 1.807) is 24.3 Å². The molecule has 0 fully saturated rings. The van der Waals surface area contributed by atoms with E-state index in [1.807, 2.05) is 30.3 Å². The number of aromatic nitrogens is 2. The average molecular weight is 548 g/mol. The Morgan fingerprint density at radius 1 is 1.05 bits per heavy atom. The maximum Gasteiger partial charge on any atom is 0.161 e. The third-order valence-corrected chi connectivity index (χ3v) is 6.37. The van der Waals surface area contributed by atoms with E-state index in [9.17, 15) is 18.3 Å². The fourth-order valence-corrected chi connectivity index (χ4v) is 4.26. The van der Waals surface area contributed by atoms with Crippen LogP contribution in [0.25, 0.3) is 22.2 Å². The van der Waals surface area contributed by atoms with Crippen LogP contribution in [0.4, 0.5) is 15.9 Å². The second-order valence-electron chi connectivity index (χ2n) is 8.63. The molecule has 0 aliphatic heterocycles. The number of nitrogens with one attached hydrogen (secondary N) is 2. The number of hydrogen-bond acceptors (Lipinski definition) is 9. The Hall–Kier alpha value is -4.32. The van der Waals surface area contributed by atoms with Gasteiger partial charge in [0.2, 0.25) is 0 Å². The van der Waals surface area contributed by atoms with Gasteiger partial charge in [-0.05, 0) is 60.2 Å². The highest BCUT2D eigenvalue weighted by molar-refractivity contribution is 7.79. The minimum Gasteiger partial charge on any atom is -0.772 e. The summed E-state index contributed by atoms with van der Waals surface area (Å²) in [4.78, 5) is 8.72. The highest BCUT2D eigenvalue weighted by Crippen LogP contribution is 2.33. The first-order valence-electron chi connectivity index (χ1n) is 12.0. The zero-order valence-corrected chi connectivity index (χ0v) is 21.4. The van der Waals surface area contributed by atoms with Crippen molar-refractivity contribution < 1.29 is 27.4 Å². The number of benzene rings is 3. The van der Waals surface area contributed by atoms with Gasteiger partial charge in [-0.25, -0.2) is 14.4 Å². The van der Waals surface area contributed by atoms with Crippen molar-refractivity contribution in [2.75, 3.05) is 17.6 Å². The van der Waals surface area contributed by atoms with Crippen molar-refractivity contribution in [2.24, 2.45) is 0 Å². The van der Waals surface area contributed by atoms with Crippen molar-refractivity contribution >= 4 is 33.5 Å². The Morgan fingerprint density at radius 3 is 2.77 bits per heavy atom. The molecule has 200 valence electrons. The summed E-state index contributed by atoms with van der Waals surface area (Å²) in [5.41, 5.74) is 2.77. The van der Waals surface area contributed by atoms with Gasteiger partial charge in [0.15, 0.2) is 11.5 Å². The lowest BCUT2D eigenvalue weighted by atomic mass is 10.1. The number of ether oxygens (including phenoxy) is 1. The molecule has 3 N–H and O–H groups in total. The maximum atomic E-state index is 13.4. The number of halogens is 1. The number of hydrogen-bond donors (Lipinski definition) is 3. The third kappa shape index (κ3) is 6.77. The molecule has 0 saturated carbocycles. The first-order chi connectivity index (χ1) is 18.9. The Balaban J connectivity index is 1.30. The minimum absolute atomic E-state index is 0.0381. The van der Waals surface area contributed by atoms with Gasteiger partial charge >= 0.3 is 0 Å². The number of aromatic hydroxyl groups is 1. The lowest BCUT2D eigenvalue weighted by Crippen LogP contribution is -2.19. The van der Waals surface area contributed by atoms with Crippen molar-refractivity contribution in [1.29, 1.82) is 0 Å². The number of anilines is 2. The fraction of sp³-hybridized carbons (Fsp3) is 0.143. The number of phenolic OH excluding ortho intramolecular Hbond substituents is 1. The molecule has 3 aromatic carbocycles. The maximum absolute atomic E-state index is 13.4. The fourth-order valence-electron chi connectivity index (χ4n) is 3.95. The molecule has 0 spiro atoms. The van der Waals surface area contributed by atoms with E-state index in [4.69, 9.17) is 9.15 Å². The Kier molecular flexibility index (Phi) is 8.11. The largest absolute Gasteiger partial charge is 0.772 e. The molecule has 5 aromatic rings. The van der Waals surface area contributed by atoms with Crippen LogP contribution in [0.15, 0.2) is 83.5 Å². The SMILES string of the molecule is O=S([O-])CCNCc1ccc(-c2ccc3ncnc(Nc4ccc(OCc5cccc(F)c5)c(O)c4)c3c2)o1. The second kappa shape index (κ2) is 12.0. The monoisotopic (exact) mass is 547 g/mol. The quantitative estimate of drug-likeness (QED) is 0.154. The van der Waals surface area contributed by atoms with E-state index in [2.05, 4.69) is 20.6 Å². The third-order valence-electron chi connectivity index (χ3n) is 5.83. The Morgan fingerprint density at radius 2 is 1.95 bits per heavy atom. The molecule has 0 amide bonds. The molecule has 0 aliphatic carbocycles. The molecule has 1 unspecified atom stereocenters. The van der Waals surface area contributed by atoms with Gasteiger partial charge in [-0.15, -0.1) is 0 Å². The second-order valence-corrected chi connectivity index (χ2v) is 9.65. The number of phenols is 1. The summed E-state index contributed by atoms with van der Waals surface area (Å²) >= 11 is -2.08. The molecule has 5 rings (SSSR count). The zero-order chi connectivity index (χ0) is 27.2. The summed E-state index contributed by atoms with van der Waals surface area (Å²) in [5, 5.41) is 17.5. The molecule has 11 heteroatoms. The van der Waals surface area contributed by atoms with Crippen LogP contribution in [0.3, 0.4) is 0 Å². The first-order valence-corrected chi connectivity index (χ1v) is 13.3. The summed E-state index contributed by atoms with van der Waals surface area (Å²) < 4.78 is 46.3. The van der Waals surface area contributed by atoms with E-state index < -0.39 is 11.1 Å². The predicted molar refractivity (Wildman–Crippen MR) is 145 cm³/mol. The van der Waals surface area contributed by atoms with Crippen LogP contribution in [0.1, 0.15) is 11.3 Å². The molecule has 39 heavy (non-hydrogen) atoms. The van der Waals surface area contributed by atoms with Crippen molar-refractivity contribution in [3.05, 3.63) is 96.3 Å². The van der Waals surface area contributed by atoms with Crippen LogP contribution in [-0.4, -0.2) is 36.1 Å². The number of nitrogens with zero attached hydrogens (tertiary/aromatic N) is 2. The van der Waals surface area contributed by atoms with E-state index in [0.717, 1.165) is 16.5 Å². The van der Waals surface area contributed by atoms with E-state index in [1.165, 1.54) is 24.5 Å². The first kappa shape index (κ1) is 26.3. The van der Waals surface area contributed by atoms with E-state index in [0.29, 0.717) is 41.7 Å². The summed E-state index contributed by atoms with van der Waals surface area (Å²) in [6, 6.07) is 20.3. The molecule has 0 radical (unpaired) electrons. The van der Waals surface area contributed by atoms with Gasteiger partial charge in [-0.2, -0.15) is 0 Å². The van der Waals surface area contributed by atoms with Gasteiger partial charge in [0.1, 0.15) is 36.1 Å². The van der Waals surface area contributed by atoms with Crippen molar-refractivity contribution in [3.63, 3.8) is 0 Å². The average Bonchev–Trinajstić information content (AvgIpc) is 3.40. The van der Waals surface area contributed by atoms with Gasteiger partial charge in [-0.3, -0.25) is 4.21 Å². The van der Waals surface area contributed by atoms with Gasteiger partial charge in [0, 0.05) is 35.0 Å². The molecule has 0 saturated heterocycles. The summed E-state index contributed by atoms with van der Waals surface area (Å²) in [6.45, 7) is 0.860. The molecular weight excluding hydrogens is 523 g/mol. The van der Waals surface area contributed by atoms with Crippen LogP contribution in [0.5, 0.6) is 11.5 Å². The molecule has 2 heterocycles. The van der Waals surface area contributed by atoms with E-state index in [-0.39, 0.29) is 29.7 Å². The molecule has 0 bridgehead atoms. The Bertz CT molecular complexity index is 1630. The van der Waals surface area contributed by atoms with Crippen LogP contribution in [-0.2, 0) is 24.2 Å². The molecule has 0 aliphatic rings. The van der Waals surface area contributed by atoms with Crippen LogP contribution >= 0.6 is 0 Å². The van der Waals surface area contributed by atoms with Gasteiger partial charge in [0.25, 0.3) is 0 Å². The predicted octanol–water partition coefficient (Wildman–Crippen LogP) is 5.03. The van der Waals surface area contributed by atoms with Gasteiger partial charge < -0.3 is 29.4 Å². The Labute approximate surface area is 226 Å². The number of rotatable bonds is 11. The molecule has 1 atom stereocenters. The van der Waals surface area contributed by atoms with Crippen molar-refractivity contribution in [3.8, 4) is 22.8 Å². The topological polar surface area (TPSA) is 133 Å². The van der Waals surface area contributed by atoms with Crippen molar-refractivity contribution in [2.45, 2.75) is 13.2 Å². The normalized spacial score (nSPS) is 11.9. The standard InChI is InChI=1S/C28H25FN4O5S/c29-20-3-1-2-18(12-20)16-37-27-8-5-21(14-25(27)34)33-28-23-13-19(4-7-24(23)31-17-32-28)26-9-6-22(38-26)15-30-10-11-39(35)36/h1-9,12-14,17,30,34H,10-11,15-16H2,(H,35,36)(H,31,32,33)/p-1. The lowest BCUT2D eigenvalue weighted by Gasteiger charge is -2.12. The highest BCUT2D eigenvalue weighted by atomic mass is 32.2. The molecule has 9 nitrogen and oxygen atoms in total. The lowest BCUT2D eigenvalue weighted by molar-refractivity contribution is 0.288. The summed E-state index contributed by atoms with van der Waals surface area (Å²) in [7, 11) is 0. The van der Waals surface area contributed by atoms with Gasteiger partial charge in [0.05, 0.1) is 12.1 Å². The molecule has 2 aromatic heterocycles. The highest BCUT2D eigenvalue weighted by Gasteiger charge is 2.11. The van der Waals surface area contributed by atoms with Crippen molar-refractivity contribution in [1.82, 2.24) is 15.3 Å². The molecular formula is C28H24FN4O5S-. The van der Waals surface area contributed by atoms with Crippen LogP contribution in [0.2, 0.25) is 0 Å². The smallest absolute Gasteiger partial charge is 0.161 e. The van der Waals surface area contributed by atoms with Gasteiger partial charge in [-0.1, -0.05) is 23.2 Å². The van der Waals surface area contributed by atoms with Crippen LogP contribution < -0.4 is 15.4 Å². The summed E-state index contributed by atoms with van der Waals surface area (Å²) in [6.07, 6.45) is 1.45. The number of fused-ring (bicyclic) bond motifs is 1. The van der Waals surface area contributed by atoms with E-state index >= 15 is 0 Å². The number of furan rings is 1. The summed E-state index contributed by atoms with van der Waals surface area (Å²) in [5.74, 6) is 1.74.